The Hall–Kier alpha value is -2.79. The SMILES string of the molecule is O=C(N1CCC(Cc2cccc3ncccc23)CC1)C1(Cc2ccccc2F)CCOCC1. The minimum Gasteiger partial charge on any atom is -0.381 e. The van der Waals surface area contributed by atoms with Crippen molar-refractivity contribution in [1.29, 1.82) is 0 Å². The van der Waals surface area contributed by atoms with E-state index in [1.54, 1.807) is 6.07 Å². The zero-order valence-corrected chi connectivity index (χ0v) is 19.0. The molecular formula is C28H31FN2O2. The lowest BCUT2D eigenvalue weighted by molar-refractivity contribution is -0.149. The third kappa shape index (κ3) is 4.65. The number of ether oxygens (including phenoxy) is 1. The number of fused-ring (bicyclic) bond motifs is 1. The number of likely N-dealkylation sites (tertiary alicyclic amines) is 1. The summed E-state index contributed by atoms with van der Waals surface area (Å²) in [5.41, 5.74) is 2.45. The van der Waals surface area contributed by atoms with Crippen molar-refractivity contribution in [1.82, 2.24) is 9.88 Å². The molecule has 0 spiro atoms. The molecule has 2 fully saturated rings. The van der Waals surface area contributed by atoms with Gasteiger partial charge in [0.1, 0.15) is 5.82 Å². The van der Waals surface area contributed by atoms with Gasteiger partial charge in [0.15, 0.2) is 0 Å². The number of carbonyl (C=O) groups excluding carboxylic acids is 1. The third-order valence-electron chi connectivity index (χ3n) is 7.54. The van der Waals surface area contributed by atoms with Crippen LogP contribution in [0.3, 0.4) is 0 Å². The van der Waals surface area contributed by atoms with Gasteiger partial charge in [-0.1, -0.05) is 36.4 Å². The van der Waals surface area contributed by atoms with Gasteiger partial charge in [0.05, 0.1) is 10.9 Å². The first-order valence-electron chi connectivity index (χ1n) is 12.1. The van der Waals surface area contributed by atoms with Crippen LogP contribution in [0.15, 0.2) is 60.8 Å². The Balaban J connectivity index is 1.27. The van der Waals surface area contributed by atoms with Crippen molar-refractivity contribution in [3.05, 3.63) is 77.7 Å². The van der Waals surface area contributed by atoms with Crippen molar-refractivity contribution in [2.75, 3.05) is 26.3 Å². The van der Waals surface area contributed by atoms with Crippen molar-refractivity contribution < 1.29 is 13.9 Å². The van der Waals surface area contributed by atoms with E-state index in [0.717, 1.165) is 37.9 Å². The van der Waals surface area contributed by atoms with Crippen LogP contribution in [-0.2, 0) is 22.4 Å². The molecule has 0 unspecified atom stereocenters. The Morgan fingerprint density at radius 2 is 1.76 bits per heavy atom. The van der Waals surface area contributed by atoms with E-state index in [4.69, 9.17) is 4.74 Å². The fourth-order valence-corrected chi connectivity index (χ4v) is 5.57. The molecule has 2 aromatic carbocycles. The molecule has 5 heteroatoms. The molecule has 4 nitrogen and oxygen atoms in total. The average Bonchev–Trinajstić information content (AvgIpc) is 2.86. The van der Waals surface area contributed by atoms with Gasteiger partial charge in [-0.15, -0.1) is 0 Å². The van der Waals surface area contributed by atoms with E-state index in [9.17, 15) is 9.18 Å². The highest BCUT2D eigenvalue weighted by Crippen LogP contribution is 2.38. The number of benzene rings is 2. The number of amides is 1. The van der Waals surface area contributed by atoms with E-state index in [0.29, 0.717) is 44.0 Å². The van der Waals surface area contributed by atoms with Gasteiger partial charge in [-0.2, -0.15) is 0 Å². The van der Waals surface area contributed by atoms with Crippen LogP contribution in [0.25, 0.3) is 10.9 Å². The molecule has 2 aliphatic heterocycles. The van der Waals surface area contributed by atoms with E-state index >= 15 is 0 Å². The number of aromatic nitrogens is 1. The molecule has 0 N–H and O–H groups in total. The fraction of sp³-hybridized carbons (Fsp3) is 0.429. The maximum Gasteiger partial charge on any atom is 0.229 e. The zero-order chi connectivity index (χ0) is 22.7. The Morgan fingerprint density at radius 3 is 2.55 bits per heavy atom. The van der Waals surface area contributed by atoms with Crippen molar-refractivity contribution in [2.45, 2.75) is 38.5 Å². The number of hydrogen-bond acceptors (Lipinski definition) is 3. The van der Waals surface area contributed by atoms with Gasteiger partial charge < -0.3 is 9.64 Å². The lowest BCUT2D eigenvalue weighted by Gasteiger charge is -2.42. The molecule has 2 saturated heterocycles. The second kappa shape index (κ2) is 9.60. The minimum absolute atomic E-state index is 0.182. The first-order valence-corrected chi connectivity index (χ1v) is 12.1. The summed E-state index contributed by atoms with van der Waals surface area (Å²) in [5, 5.41) is 1.23. The number of halogens is 1. The molecule has 1 aromatic heterocycles. The lowest BCUT2D eigenvalue weighted by atomic mass is 9.73. The number of carbonyl (C=O) groups is 1. The molecular weight excluding hydrogens is 415 g/mol. The van der Waals surface area contributed by atoms with Gasteiger partial charge in [-0.05, 0) is 73.8 Å². The molecule has 0 aliphatic carbocycles. The predicted molar refractivity (Wildman–Crippen MR) is 127 cm³/mol. The highest BCUT2D eigenvalue weighted by atomic mass is 19.1. The molecule has 0 bridgehead atoms. The number of pyridine rings is 1. The first-order chi connectivity index (χ1) is 16.1. The maximum absolute atomic E-state index is 14.4. The van der Waals surface area contributed by atoms with Crippen molar-refractivity contribution in [2.24, 2.45) is 11.3 Å². The predicted octanol–water partition coefficient (Wildman–Crippen LogP) is 5.19. The van der Waals surface area contributed by atoms with Crippen LogP contribution in [0.1, 0.15) is 36.8 Å². The summed E-state index contributed by atoms with van der Waals surface area (Å²) in [6.45, 7) is 2.66. The number of piperidine rings is 1. The molecule has 5 rings (SSSR count). The van der Waals surface area contributed by atoms with Crippen LogP contribution in [0.4, 0.5) is 4.39 Å². The van der Waals surface area contributed by atoms with Gasteiger partial charge >= 0.3 is 0 Å². The topological polar surface area (TPSA) is 42.4 Å². The summed E-state index contributed by atoms with van der Waals surface area (Å²) in [6.07, 6.45) is 6.60. The normalized spacial score (nSPS) is 19.0. The Labute approximate surface area is 194 Å². The van der Waals surface area contributed by atoms with Crippen molar-refractivity contribution in [3.63, 3.8) is 0 Å². The molecule has 1 amide bonds. The van der Waals surface area contributed by atoms with E-state index in [2.05, 4.69) is 29.2 Å². The summed E-state index contributed by atoms with van der Waals surface area (Å²) in [5.74, 6) is 0.512. The largest absolute Gasteiger partial charge is 0.381 e. The van der Waals surface area contributed by atoms with Crippen LogP contribution >= 0.6 is 0 Å². The van der Waals surface area contributed by atoms with E-state index in [1.807, 2.05) is 29.3 Å². The minimum atomic E-state index is -0.561. The highest BCUT2D eigenvalue weighted by Gasteiger charge is 2.43. The van der Waals surface area contributed by atoms with Crippen LogP contribution < -0.4 is 0 Å². The molecule has 2 aliphatic rings. The van der Waals surface area contributed by atoms with E-state index in [1.165, 1.54) is 17.0 Å². The molecule has 172 valence electrons. The molecule has 33 heavy (non-hydrogen) atoms. The number of hydrogen-bond donors (Lipinski definition) is 0. The fourth-order valence-electron chi connectivity index (χ4n) is 5.57. The van der Waals surface area contributed by atoms with Gasteiger partial charge in [0.2, 0.25) is 5.91 Å². The van der Waals surface area contributed by atoms with Crippen LogP contribution in [0, 0.1) is 17.2 Å². The quantitative estimate of drug-likeness (QED) is 0.541. The summed E-state index contributed by atoms with van der Waals surface area (Å²) >= 11 is 0. The van der Waals surface area contributed by atoms with Crippen molar-refractivity contribution in [3.8, 4) is 0 Å². The zero-order valence-electron chi connectivity index (χ0n) is 19.0. The standard InChI is InChI=1S/C28H31FN2O2/c29-25-8-2-1-5-23(25)20-28(12-17-33-18-13-28)27(32)31-15-10-21(11-16-31)19-22-6-3-9-26-24(22)7-4-14-30-26/h1-9,14,21H,10-13,15-20H2. The molecule has 3 heterocycles. The Kier molecular flexibility index (Phi) is 6.41. The van der Waals surface area contributed by atoms with Crippen LogP contribution in [-0.4, -0.2) is 42.1 Å². The van der Waals surface area contributed by atoms with Crippen molar-refractivity contribution >= 4 is 16.8 Å². The second-order valence-corrected chi connectivity index (χ2v) is 9.59. The molecule has 0 atom stereocenters. The lowest BCUT2D eigenvalue weighted by Crippen LogP contribution is -2.50. The van der Waals surface area contributed by atoms with Crippen LogP contribution in [0.5, 0.6) is 0 Å². The average molecular weight is 447 g/mol. The summed E-state index contributed by atoms with van der Waals surface area (Å²) in [6, 6.07) is 17.3. The molecule has 0 radical (unpaired) electrons. The van der Waals surface area contributed by atoms with Gasteiger partial charge in [-0.3, -0.25) is 9.78 Å². The summed E-state index contributed by atoms with van der Waals surface area (Å²) < 4.78 is 20.0. The monoisotopic (exact) mass is 446 g/mol. The van der Waals surface area contributed by atoms with Crippen LogP contribution in [0.2, 0.25) is 0 Å². The molecule has 0 saturated carbocycles. The Bertz CT molecular complexity index is 1110. The third-order valence-corrected chi connectivity index (χ3v) is 7.54. The van der Waals surface area contributed by atoms with Gasteiger partial charge in [0.25, 0.3) is 0 Å². The van der Waals surface area contributed by atoms with E-state index < -0.39 is 5.41 Å². The van der Waals surface area contributed by atoms with Gasteiger partial charge in [0, 0.05) is 37.9 Å². The summed E-state index contributed by atoms with van der Waals surface area (Å²) in [7, 11) is 0. The molecule has 3 aromatic rings. The Morgan fingerprint density at radius 1 is 1.00 bits per heavy atom. The first kappa shape index (κ1) is 22.0. The smallest absolute Gasteiger partial charge is 0.229 e. The highest BCUT2D eigenvalue weighted by molar-refractivity contribution is 5.83. The number of nitrogens with zero attached hydrogens (tertiary/aromatic N) is 2. The van der Waals surface area contributed by atoms with Gasteiger partial charge in [-0.25, -0.2) is 4.39 Å². The second-order valence-electron chi connectivity index (χ2n) is 9.59. The summed E-state index contributed by atoms with van der Waals surface area (Å²) in [4.78, 5) is 20.3. The maximum atomic E-state index is 14.4. The van der Waals surface area contributed by atoms with E-state index in [-0.39, 0.29) is 11.7 Å². The number of rotatable bonds is 5.